The SMILES string of the molecule is O=S(=O)(O)c1ccccc1N=Nc1c(O)cccc1O. The Labute approximate surface area is 114 Å². The van der Waals surface area contributed by atoms with Crippen LogP contribution in [0.2, 0.25) is 0 Å². The van der Waals surface area contributed by atoms with E-state index in [4.69, 9.17) is 4.55 Å². The van der Waals surface area contributed by atoms with Crippen LogP contribution in [0, 0.1) is 0 Å². The molecule has 7 nitrogen and oxygen atoms in total. The lowest BCUT2D eigenvalue weighted by atomic mass is 10.3. The largest absolute Gasteiger partial charge is 0.505 e. The van der Waals surface area contributed by atoms with E-state index in [1.54, 1.807) is 0 Å². The average Bonchev–Trinajstić information content (AvgIpc) is 2.37. The van der Waals surface area contributed by atoms with Crippen molar-refractivity contribution < 1.29 is 23.2 Å². The van der Waals surface area contributed by atoms with Crippen LogP contribution in [0.5, 0.6) is 11.5 Å². The molecule has 20 heavy (non-hydrogen) atoms. The van der Waals surface area contributed by atoms with Gasteiger partial charge in [-0.1, -0.05) is 18.2 Å². The molecule has 0 aliphatic rings. The highest BCUT2D eigenvalue weighted by Crippen LogP contribution is 2.37. The van der Waals surface area contributed by atoms with Gasteiger partial charge in [0.05, 0.1) is 0 Å². The van der Waals surface area contributed by atoms with Gasteiger partial charge in [-0.2, -0.15) is 8.42 Å². The maximum absolute atomic E-state index is 11.2. The molecule has 0 saturated carbocycles. The summed E-state index contributed by atoms with van der Waals surface area (Å²) < 4.78 is 31.4. The average molecular weight is 294 g/mol. The van der Waals surface area contributed by atoms with Crippen LogP contribution in [0.3, 0.4) is 0 Å². The van der Waals surface area contributed by atoms with Crippen molar-refractivity contribution in [1.82, 2.24) is 0 Å². The first-order valence-corrected chi connectivity index (χ1v) is 6.83. The van der Waals surface area contributed by atoms with E-state index in [0.717, 1.165) is 6.07 Å². The van der Waals surface area contributed by atoms with Crippen molar-refractivity contribution in [3.05, 3.63) is 42.5 Å². The van der Waals surface area contributed by atoms with Gasteiger partial charge >= 0.3 is 0 Å². The second-order valence-electron chi connectivity index (χ2n) is 3.79. The Morgan fingerprint density at radius 2 is 1.45 bits per heavy atom. The molecule has 104 valence electrons. The Kier molecular flexibility index (Phi) is 3.68. The molecule has 0 fully saturated rings. The van der Waals surface area contributed by atoms with E-state index < -0.39 is 15.0 Å². The number of aromatic hydroxyl groups is 2. The molecule has 0 aromatic heterocycles. The van der Waals surface area contributed by atoms with Crippen LogP contribution < -0.4 is 0 Å². The molecule has 0 aliphatic carbocycles. The monoisotopic (exact) mass is 294 g/mol. The molecule has 8 heteroatoms. The van der Waals surface area contributed by atoms with Gasteiger partial charge in [-0.25, -0.2) is 0 Å². The van der Waals surface area contributed by atoms with Crippen LogP contribution in [-0.2, 0) is 10.1 Å². The first-order valence-electron chi connectivity index (χ1n) is 5.39. The number of phenols is 2. The van der Waals surface area contributed by atoms with Gasteiger partial charge in [0.25, 0.3) is 10.1 Å². The number of phenolic OH excluding ortho intramolecular Hbond substituents is 2. The fourth-order valence-corrected chi connectivity index (χ4v) is 2.11. The van der Waals surface area contributed by atoms with Gasteiger partial charge in [0.1, 0.15) is 22.1 Å². The molecule has 0 spiro atoms. The van der Waals surface area contributed by atoms with Gasteiger partial charge in [-0.3, -0.25) is 4.55 Å². The smallest absolute Gasteiger partial charge is 0.296 e. The Balaban J connectivity index is 2.48. The van der Waals surface area contributed by atoms with Crippen molar-refractivity contribution >= 4 is 21.5 Å². The molecule has 0 saturated heterocycles. The summed E-state index contributed by atoms with van der Waals surface area (Å²) in [5.41, 5.74) is -0.310. The molecule has 2 aromatic carbocycles. The predicted molar refractivity (Wildman–Crippen MR) is 70.2 cm³/mol. The zero-order chi connectivity index (χ0) is 14.8. The fraction of sp³-hybridized carbons (Fsp3) is 0. The highest BCUT2D eigenvalue weighted by atomic mass is 32.2. The van der Waals surface area contributed by atoms with Crippen molar-refractivity contribution in [1.29, 1.82) is 0 Å². The molecular formula is C12H10N2O5S. The number of benzene rings is 2. The molecule has 0 radical (unpaired) electrons. The molecule has 2 aromatic rings. The van der Waals surface area contributed by atoms with Crippen LogP contribution in [0.4, 0.5) is 11.4 Å². The van der Waals surface area contributed by atoms with Crippen molar-refractivity contribution in [2.75, 3.05) is 0 Å². The lowest BCUT2D eigenvalue weighted by Gasteiger charge is -2.02. The summed E-state index contributed by atoms with van der Waals surface area (Å²) in [6, 6.07) is 9.41. The second-order valence-corrected chi connectivity index (χ2v) is 5.18. The molecule has 0 heterocycles. The fourth-order valence-electron chi connectivity index (χ4n) is 1.48. The van der Waals surface area contributed by atoms with Crippen LogP contribution in [0.15, 0.2) is 57.6 Å². The van der Waals surface area contributed by atoms with Crippen LogP contribution in [0.1, 0.15) is 0 Å². The molecule has 2 rings (SSSR count). The maximum atomic E-state index is 11.2. The molecule has 0 amide bonds. The molecule has 0 atom stereocenters. The molecule has 0 unspecified atom stereocenters. The van der Waals surface area contributed by atoms with Crippen LogP contribution in [-0.4, -0.2) is 23.2 Å². The summed E-state index contributed by atoms with van der Waals surface area (Å²) in [4.78, 5) is -0.418. The van der Waals surface area contributed by atoms with Gasteiger partial charge < -0.3 is 10.2 Å². The zero-order valence-electron chi connectivity index (χ0n) is 10.0. The summed E-state index contributed by atoms with van der Waals surface area (Å²) in [5.74, 6) is -0.615. The summed E-state index contributed by atoms with van der Waals surface area (Å²) in [6.45, 7) is 0. The third-order valence-corrected chi connectivity index (χ3v) is 3.30. The lowest BCUT2D eigenvalue weighted by molar-refractivity contribution is 0.452. The third-order valence-electron chi connectivity index (χ3n) is 2.39. The van der Waals surface area contributed by atoms with Crippen LogP contribution in [0.25, 0.3) is 0 Å². The third kappa shape index (κ3) is 2.92. The zero-order valence-corrected chi connectivity index (χ0v) is 10.8. The van der Waals surface area contributed by atoms with E-state index in [2.05, 4.69) is 10.2 Å². The Hall–Kier alpha value is -2.45. The summed E-state index contributed by atoms with van der Waals surface area (Å²) in [6.07, 6.45) is 0. The van der Waals surface area contributed by atoms with E-state index in [1.165, 1.54) is 36.4 Å². The minimum atomic E-state index is -4.44. The summed E-state index contributed by atoms with van der Waals surface area (Å²) in [5, 5.41) is 26.3. The summed E-state index contributed by atoms with van der Waals surface area (Å²) in [7, 11) is -4.44. The van der Waals surface area contributed by atoms with E-state index in [-0.39, 0.29) is 22.9 Å². The van der Waals surface area contributed by atoms with E-state index in [0.29, 0.717) is 0 Å². The van der Waals surface area contributed by atoms with Gasteiger partial charge in [0.2, 0.25) is 0 Å². The number of hydrogen-bond acceptors (Lipinski definition) is 6. The molecule has 0 aliphatic heterocycles. The van der Waals surface area contributed by atoms with Crippen molar-refractivity contribution in [2.45, 2.75) is 4.90 Å². The maximum Gasteiger partial charge on any atom is 0.296 e. The normalized spacial score (nSPS) is 11.8. The van der Waals surface area contributed by atoms with Gasteiger partial charge in [-0.05, 0) is 24.3 Å². The van der Waals surface area contributed by atoms with E-state index in [1.807, 2.05) is 0 Å². The lowest BCUT2D eigenvalue weighted by Crippen LogP contribution is -1.97. The van der Waals surface area contributed by atoms with Gasteiger partial charge in [0, 0.05) is 0 Å². The number of nitrogens with zero attached hydrogens (tertiary/aromatic N) is 2. The number of hydrogen-bond donors (Lipinski definition) is 3. The molecule has 3 N–H and O–H groups in total. The minimum Gasteiger partial charge on any atom is -0.505 e. The Morgan fingerprint density at radius 3 is 2.05 bits per heavy atom. The van der Waals surface area contributed by atoms with Gasteiger partial charge in [-0.15, -0.1) is 10.2 Å². The van der Waals surface area contributed by atoms with Crippen molar-refractivity contribution in [3.8, 4) is 11.5 Å². The van der Waals surface area contributed by atoms with Crippen molar-refractivity contribution in [2.24, 2.45) is 10.2 Å². The second kappa shape index (κ2) is 5.27. The number of rotatable bonds is 3. The van der Waals surface area contributed by atoms with E-state index >= 15 is 0 Å². The molecule has 0 bridgehead atoms. The Bertz CT molecular complexity index is 751. The van der Waals surface area contributed by atoms with Crippen LogP contribution >= 0.6 is 0 Å². The topological polar surface area (TPSA) is 120 Å². The van der Waals surface area contributed by atoms with Crippen molar-refractivity contribution in [3.63, 3.8) is 0 Å². The first-order chi connectivity index (χ1) is 9.39. The number of azo groups is 1. The summed E-state index contributed by atoms with van der Waals surface area (Å²) >= 11 is 0. The quantitative estimate of drug-likeness (QED) is 0.594. The van der Waals surface area contributed by atoms with Gasteiger partial charge in [0.15, 0.2) is 5.69 Å². The van der Waals surface area contributed by atoms with E-state index in [9.17, 15) is 18.6 Å². The molecular weight excluding hydrogens is 284 g/mol. The highest BCUT2D eigenvalue weighted by Gasteiger charge is 2.14. The predicted octanol–water partition coefficient (Wildman–Crippen LogP) is 2.76. The highest BCUT2D eigenvalue weighted by molar-refractivity contribution is 7.86. The minimum absolute atomic E-state index is 0.113. The first kappa shape index (κ1) is 14.0. The standard InChI is InChI=1S/C12H10N2O5S/c15-9-5-3-6-10(16)12(9)14-13-8-4-1-2-7-11(8)20(17,18)19/h1-7,15-16H,(H,17,18,19). The Morgan fingerprint density at radius 1 is 0.850 bits per heavy atom.